The first kappa shape index (κ1) is 16.1. The molecule has 9 heteroatoms. The van der Waals surface area contributed by atoms with Crippen LogP contribution in [0.3, 0.4) is 0 Å². The van der Waals surface area contributed by atoms with Crippen molar-refractivity contribution in [2.75, 3.05) is 5.75 Å². The molecule has 1 aromatic rings. The molecule has 0 fully saturated rings. The number of alkyl halides is 3. The maximum Gasteiger partial charge on any atom is 0.405 e. The Bertz CT molecular complexity index is 623. The van der Waals surface area contributed by atoms with Gasteiger partial charge in [-0.25, -0.2) is 8.42 Å². The molecule has 0 N–H and O–H groups in total. The van der Waals surface area contributed by atoms with Gasteiger partial charge in [0.15, 0.2) is 15.8 Å². The van der Waals surface area contributed by atoms with Gasteiger partial charge < -0.3 is 0 Å². The van der Waals surface area contributed by atoms with Crippen LogP contribution in [0.25, 0.3) is 0 Å². The minimum absolute atomic E-state index is 0.0171. The molecule has 3 nitrogen and oxygen atoms in total. The molecule has 1 atom stereocenters. The van der Waals surface area contributed by atoms with Crippen molar-refractivity contribution < 1.29 is 21.6 Å². The highest BCUT2D eigenvalue weighted by atomic mass is 35.5. The highest BCUT2D eigenvalue weighted by Crippen LogP contribution is 2.31. The summed E-state index contributed by atoms with van der Waals surface area (Å²) in [4.78, 5) is -0.522. The van der Waals surface area contributed by atoms with E-state index in [-0.39, 0.29) is 10.0 Å². The minimum atomic E-state index is -4.92. The zero-order valence-electron chi connectivity index (χ0n) is 9.08. The summed E-state index contributed by atoms with van der Waals surface area (Å²) in [6, 6.07) is 4.33. The van der Waals surface area contributed by atoms with Crippen LogP contribution in [-0.4, -0.2) is 20.3 Å². The molecule has 0 aliphatic rings. The lowest BCUT2D eigenvalue weighted by Crippen LogP contribution is -2.29. The van der Waals surface area contributed by atoms with Crippen LogP contribution in [0, 0.1) is 17.2 Å². The largest absolute Gasteiger partial charge is 0.405 e. The predicted octanol–water partition coefficient (Wildman–Crippen LogP) is 3.47. The molecule has 1 rings (SSSR count). The molecule has 1 unspecified atom stereocenters. The number of nitrogens with zero attached hydrogens (tertiary/aromatic N) is 1. The molecule has 0 aliphatic heterocycles. The monoisotopic (exact) mass is 331 g/mol. The van der Waals surface area contributed by atoms with Crippen molar-refractivity contribution in [2.45, 2.75) is 11.1 Å². The van der Waals surface area contributed by atoms with E-state index < -0.39 is 32.6 Å². The van der Waals surface area contributed by atoms with Crippen molar-refractivity contribution in [2.24, 2.45) is 5.92 Å². The Labute approximate surface area is 117 Å². The van der Waals surface area contributed by atoms with Gasteiger partial charge in [0.1, 0.15) is 0 Å². The first-order chi connectivity index (χ1) is 8.58. The van der Waals surface area contributed by atoms with Crippen LogP contribution in [0.2, 0.25) is 10.0 Å². The lowest BCUT2D eigenvalue weighted by atomic mass is 10.2. The summed E-state index contributed by atoms with van der Waals surface area (Å²) in [7, 11) is -4.37. The Kier molecular flexibility index (Phi) is 4.72. The Hall–Kier alpha value is -0.970. The summed E-state index contributed by atoms with van der Waals surface area (Å²) in [5.41, 5.74) is 0. The number of halogens is 5. The number of benzene rings is 1. The third kappa shape index (κ3) is 4.00. The molecule has 0 amide bonds. The first-order valence-electron chi connectivity index (χ1n) is 4.72. The van der Waals surface area contributed by atoms with Gasteiger partial charge >= 0.3 is 6.18 Å². The standard InChI is InChI=1S/C10H6Cl2F3NO2S/c11-7-1-2-8(12)9(3-7)19(17,18)5-6(4-16)10(13,14)15/h1-3,6H,5H2. The van der Waals surface area contributed by atoms with E-state index in [0.29, 0.717) is 0 Å². The average Bonchev–Trinajstić information content (AvgIpc) is 2.27. The Balaban J connectivity index is 3.19. The summed E-state index contributed by atoms with van der Waals surface area (Å²) in [5.74, 6) is -4.01. The van der Waals surface area contributed by atoms with Gasteiger partial charge in [0.25, 0.3) is 0 Å². The van der Waals surface area contributed by atoms with Crippen molar-refractivity contribution in [3.63, 3.8) is 0 Å². The first-order valence-corrected chi connectivity index (χ1v) is 7.13. The zero-order chi connectivity index (χ0) is 14.8. The second kappa shape index (κ2) is 5.57. The molecule has 0 heterocycles. The molecule has 1 aromatic carbocycles. The lowest BCUT2D eigenvalue weighted by molar-refractivity contribution is -0.153. The van der Waals surface area contributed by atoms with Gasteiger partial charge in [-0.3, -0.25) is 0 Å². The second-order valence-electron chi connectivity index (χ2n) is 3.58. The van der Waals surface area contributed by atoms with Crippen LogP contribution in [0.5, 0.6) is 0 Å². The highest BCUT2D eigenvalue weighted by Gasteiger charge is 2.43. The normalized spacial score (nSPS) is 13.9. The quantitative estimate of drug-likeness (QED) is 0.852. The maximum atomic E-state index is 12.4. The van der Waals surface area contributed by atoms with Crippen LogP contribution in [0.4, 0.5) is 13.2 Å². The Morgan fingerprint density at radius 1 is 1.32 bits per heavy atom. The fourth-order valence-corrected chi connectivity index (χ4v) is 3.49. The molecule has 0 saturated carbocycles. The fourth-order valence-electron chi connectivity index (χ4n) is 1.23. The van der Waals surface area contributed by atoms with Crippen LogP contribution in [0.15, 0.2) is 23.1 Å². The van der Waals surface area contributed by atoms with E-state index in [4.69, 9.17) is 28.5 Å². The Morgan fingerprint density at radius 2 is 1.89 bits per heavy atom. The van der Waals surface area contributed by atoms with E-state index in [1.165, 1.54) is 6.07 Å². The molecular weight excluding hydrogens is 326 g/mol. The summed E-state index contributed by atoms with van der Waals surface area (Å²) in [6.45, 7) is 0. The van der Waals surface area contributed by atoms with Crippen molar-refractivity contribution in [1.82, 2.24) is 0 Å². The topological polar surface area (TPSA) is 57.9 Å². The molecule has 0 bridgehead atoms. The summed E-state index contributed by atoms with van der Waals surface area (Å²) >= 11 is 11.2. The predicted molar refractivity (Wildman–Crippen MR) is 63.7 cm³/mol. The van der Waals surface area contributed by atoms with Gasteiger partial charge in [-0.15, -0.1) is 0 Å². The lowest BCUT2D eigenvalue weighted by Gasteiger charge is -2.14. The van der Waals surface area contributed by atoms with E-state index in [1.807, 2.05) is 0 Å². The van der Waals surface area contributed by atoms with Gasteiger partial charge in [0, 0.05) is 5.02 Å². The van der Waals surface area contributed by atoms with Crippen LogP contribution in [0.1, 0.15) is 0 Å². The van der Waals surface area contributed by atoms with Gasteiger partial charge in [-0.1, -0.05) is 23.2 Å². The van der Waals surface area contributed by atoms with E-state index in [9.17, 15) is 21.6 Å². The molecule has 0 radical (unpaired) electrons. The number of hydrogen-bond acceptors (Lipinski definition) is 3. The fraction of sp³-hybridized carbons (Fsp3) is 0.300. The minimum Gasteiger partial charge on any atom is -0.224 e. The van der Waals surface area contributed by atoms with Gasteiger partial charge in [0.05, 0.1) is 21.7 Å². The number of nitriles is 1. The van der Waals surface area contributed by atoms with Crippen molar-refractivity contribution in [3.05, 3.63) is 28.2 Å². The summed E-state index contributed by atoms with van der Waals surface area (Å²) < 4.78 is 60.9. The van der Waals surface area contributed by atoms with Gasteiger partial charge in [0.2, 0.25) is 0 Å². The smallest absolute Gasteiger partial charge is 0.224 e. The van der Waals surface area contributed by atoms with Crippen LogP contribution >= 0.6 is 23.2 Å². The van der Waals surface area contributed by atoms with Crippen molar-refractivity contribution in [3.8, 4) is 6.07 Å². The van der Waals surface area contributed by atoms with E-state index in [2.05, 4.69) is 0 Å². The SMILES string of the molecule is N#CC(CS(=O)(=O)c1cc(Cl)ccc1Cl)C(F)(F)F. The third-order valence-electron chi connectivity index (χ3n) is 2.17. The summed E-state index contributed by atoms with van der Waals surface area (Å²) in [6.07, 6.45) is -4.92. The zero-order valence-corrected chi connectivity index (χ0v) is 11.4. The maximum absolute atomic E-state index is 12.4. The number of hydrogen-bond donors (Lipinski definition) is 0. The number of rotatable bonds is 3. The summed E-state index contributed by atoms with van der Waals surface area (Å²) in [5, 5.41) is 8.17. The number of sulfone groups is 1. The van der Waals surface area contributed by atoms with E-state index >= 15 is 0 Å². The molecule has 0 saturated heterocycles. The van der Waals surface area contributed by atoms with Crippen LogP contribution < -0.4 is 0 Å². The molecule has 0 spiro atoms. The third-order valence-corrected chi connectivity index (χ3v) is 4.62. The highest BCUT2D eigenvalue weighted by molar-refractivity contribution is 7.91. The molecule has 104 valence electrons. The molecule has 0 aliphatic carbocycles. The van der Waals surface area contributed by atoms with E-state index in [0.717, 1.165) is 18.2 Å². The van der Waals surface area contributed by atoms with Crippen molar-refractivity contribution in [1.29, 1.82) is 5.26 Å². The molecule has 0 aromatic heterocycles. The van der Waals surface area contributed by atoms with Gasteiger partial charge in [-0.05, 0) is 18.2 Å². The van der Waals surface area contributed by atoms with Crippen molar-refractivity contribution >= 4 is 33.0 Å². The van der Waals surface area contributed by atoms with E-state index in [1.54, 1.807) is 0 Å². The van der Waals surface area contributed by atoms with Gasteiger partial charge in [-0.2, -0.15) is 18.4 Å². The molecular formula is C10H6Cl2F3NO2S. The Morgan fingerprint density at radius 3 is 2.37 bits per heavy atom. The average molecular weight is 332 g/mol. The second-order valence-corrected chi connectivity index (χ2v) is 6.43. The van der Waals surface area contributed by atoms with Crippen LogP contribution in [-0.2, 0) is 9.84 Å². The molecule has 19 heavy (non-hydrogen) atoms.